The third kappa shape index (κ3) is 3.63. The maximum absolute atomic E-state index is 11.6. The van der Waals surface area contributed by atoms with Crippen LogP contribution in [0, 0.1) is 0 Å². The fraction of sp³-hybridized carbons (Fsp3) is 0.545. The van der Waals surface area contributed by atoms with Crippen molar-refractivity contribution in [3.63, 3.8) is 0 Å². The number of nitrogens with one attached hydrogen (secondary N) is 3. The van der Waals surface area contributed by atoms with Gasteiger partial charge in [0.15, 0.2) is 5.78 Å². The number of H-pyrrole nitrogens is 1. The average Bonchev–Trinajstić information content (AvgIpc) is 2.81. The molecule has 1 atom stereocenters. The number of hydrogen-bond donors (Lipinski definition) is 3. The van der Waals surface area contributed by atoms with Crippen LogP contribution in [0.25, 0.3) is 0 Å². The van der Waals surface area contributed by atoms with Crippen LogP contribution in [0.4, 0.5) is 0 Å². The number of Topliss-reactive ketones (excluding diaryl/α,β-unsaturated/α-hetero) is 1. The van der Waals surface area contributed by atoms with E-state index in [-0.39, 0.29) is 18.2 Å². The van der Waals surface area contributed by atoms with Crippen molar-refractivity contribution >= 4 is 18.2 Å². The minimum Gasteiger partial charge on any atom is -0.359 e. The Morgan fingerprint density at radius 3 is 3.06 bits per heavy atom. The first-order valence-corrected chi connectivity index (χ1v) is 5.47. The summed E-state index contributed by atoms with van der Waals surface area (Å²) >= 11 is 0. The third-order valence-electron chi connectivity index (χ3n) is 2.75. The fourth-order valence-corrected chi connectivity index (χ4v) is 1.86. The van der Waals surface area contributed by atoms with E-state index in [9.17, 15) is 4.79 Å². The van der Waals surface area contributed by atoms with Crippen LogP contribution in [0.2, 0.25) is 0 Å². The van der Waals surface area contributed by atoms with Crippen LogP contribution in [0.15, 0.2) is 18.3 Å². The molecule has 0 radical (unpaired) electrons. The maximum atomic E-state index is 11.6. The molecular formula is C11H18ClN3O. The summed E-state index contributed by atoms with van der Waals surface area (Å²) in [4.78, 5) is 14.6. The van der Waals surface area contributed by atoms with E-state index in [1.54, 1.807) is 6.20 Å². The van der Waals surface area contributed by atoms with E-state index in [0.29, 0.717) is 18.3 Å². The molecule has 0 amide bonds. The summed E-state index contributed by atoms with van der Waals surface area (Å²) in [6.45, 7) is 2.49. The van der Waals surface area contributed by atoms with Gasteiger partial charge in [-0.25, -0.2) is 0 Å². The first-order chi connectivity index (χ1) is 7.36. The number of hydrogen-bond acceptors (Lipinski definition) is 3. The van der Waals surface area contributed by atoms with Gasteiger partial charge in [0.1, 0.15) is 0 Å². The minimum atomic E-state index is 0. The molecule has 0 aliphatic carbocycles. The number of ketones is 1. The normalized spacial score (nSPS) is 20.1. The molecule has 90 valence electrons. The molecule has 1 aliphatic rings. The summed E-state index contributed by atoms with van der Waals surface area (Å²) < 4.78 is 0. The summed E-state index contributed by atoms with van der Waals surface area (Å²) in [5.74, 6) is 0.130. The lowest BCUT2D eigenvalue weighted by molar-refractivity contribution is 0.0981. The largest absolute Gasteiger partial charge is 0.359 e. The van der Waals surface area contributed by atoms with Gasteiger partial charge in [-0.05, 0) is 31.5 Å². The number of aromatic amines is 1. The molecule has 0 saturated carbocycles. The van der Waals surface area contributed by atoms with Gasteiger partial charge in [0.05, 0.1) is 12.2 Å². The van der Waals surface area contributed by atoms with E-state index in [1.807, 2.05) is 12.1 Å². The van der Waals surface area contributed by atoms with Crippen LogP contribution < -0.4 is 10.6 Å². The number of carbonyl (C=O) groups is 1. The zero-order valence-corrected chi connectivity index (χ0v) is 9.98. The standard InChI is InChI=1S/C11H17N3O.ClH/c15-11(10-4-2-6-13-10)8-14-9-3-1-5-12-7-9;/h2,4,6,9,12-14H,1,3,5,7-8H2;1H/t9-;/m0./s1. The topological polar surface area (TPSA) is 56.9 Å². The van der Waals surface area contributed by atoms with Gasteiger partial charge in [0.2, 0.25) is 0 Å². The molecule has 0 unspecified atom stereocenters. The van der Waals surface area contributed by atoms with Crippen molar-refractivity contribution in [3.05, 3.63) is 24.0 Å². The lowest BCUT2D eigenvalue weighted by Gasteiger charge is -2.23. The predicted molar refractivity (Wildman–Crippen MR) is 66.3 cm³/mol. The van der Waals surface area contributed by atoms with Gasteiger partial charge in [-0.15, -0.1) is 12.4 Å². The third-order valence-corrected chi connectivity index (χ3v) is 2.75. The van der Waals surface area contributed by atoms with Gasteiger partial charge in [-0.3, -0.25) is 4.79 Å². The highest BCUT2D eigenvalue weighted by Gasteiger charge is 2.14. The van der Waals surface area contributed by atoms with Crippen molar-refractivity contribution in [1.82, 2.24) is 15.6 Å². The van der Waals surface area contributed by atoms with Crippen LogP contribution in [-0.2, 0) is 0 Å². The van der Waals surface area contributed by atoms with Crippen molar-refractivity contribution in [2.75, 3.05) is 19.6 Å². The first-order valence-electron chi connectivity index (χ1n) is 5.47. The van der Waals surface area contributed by atoms with Crippen LogP contribution in [0.3, 0.4) is 0 Å². The molecule has 3 N–H and O–H groups in total. The monoisotopic (exact) mass is 243 g/mol. The highest BCUT2D eigenvalue weighted by molar-refractivity contribution is 5.95. The molecule has 2 rings (SSSR count). The lowest BCUT2D eigenvalue weighted by Crippen LogP contribution is -2.44. The predicted octanol–water partition coefficient (Wildman–Crippen LogP) is 0.961. The molecule has 4 nitrogen and oxygen atoms in total. The molecule has 1 aromatic heterocycles. The van der Waals surface area contributed by atoms with E-state index >= 15 is 0 Å². The highest BCUT2D eigenvalue weighted by atomic mass is 35.5. The molecule has 5 heteroatoms. The van der Waals surface area contributed by atoms with Crippen LogP contribution in [0.1, 0.15) is 23.3 Å². The number of halogens is 1. The molecule has 0 spiro atoms. The Morgan fingerprint density at radius 2 is 2.44 bits per heavy atom. The first kappa shape index (κ1) is 13.2. The van der Waals surface area contributed by atoms with Gasteiger partial charge in [-0.1, -0.05) is 0 Å². The smallest absolute Gasteiger partial charge is 0.192 e. The molecule has 1 fully saturated rings. The Morgan fingerprint density at radius 1 is 1.56 bits per heavy atom. The van der Waals surface area contributed by atoms with E-state index in [0.717, 1.165) is 19.5 Å². The molecule has 2 heterocycles. The fourth-order valence-electron chi connectivity index (χ4n) is 1.86. The Hall–Kier alpha value is -0.840. The zero-order chi connectivity index (χ0) is 10.5. The summed E-state index contributed by atoms with van der Waals surface area (Å²) in [6.07, 6.45) is 4.12. The summed E-state index contributed by atoms with van der Waals surface area (Å²) in [7, 11) is 0. The quantitative estimate of drug-likeness (QED) is 0.691. The number of carbonyl (C=O) groups excluding carboxylic acids is 1. The lowest BCUT2D eigenvalue weighted by atomic mass is 10.1. The molecule has 1 aliphatic heterocycles. The van der Waals surface area contributed by atoms with E-state index in [2.05, 4.69) is 15.6 Å². The number of rotatable bonds is 4. The van der Waals surface area contributed by atoms with Crippen molar-refractivity contribution in [3.8, 4) is 0 Å². The van der Waals surface area contributed by atoms with Gasteiger partial charge < -0.3 is 15.6 Å². The molecule has 1 aromatic rings. The van der Waals surface area contributed by atoms with E-state index in [4.69, 9.17) is 0 Å². The SMILES string of the molecule is Cl.O=C(CN[C@H]1CCCNC1)c1ccc[nH]1. The summed E-state index contributed by atoms with van der Waals surface area (Å²) in [6, 6.07) is 4.09. The molecule has 0 bridgehead atoms. The van der Waals surface area contributed by atoms with E-state index < -0.39 is 0 Å². The van der Waals surface area contributed by atoms with Crippen LogP contribution in [0.5, 0.6) is 0 Å². The highest BCUT2D eigenvalue weighted by Crippen LogP contribution is 2.01. The van der Waals surface area contributed by atoms with Crippen molar-refractivity contribution < 1.29 is 4.79 Å². The molecular weight excluding hydrogens is 226 g/mol. The minimum absolute atomic E-state index is 0. The molecule has 0 aromatic carbocycles. The second-order valence-electron chi connectivity index (χ2n) is 3.93. The Bertz CT molecular complexity index is 307. The van der Waals surface area contributed by atoms with Crippen LogP contribution in [-0.4, -0.2) is 36.4 Å². The van der Waals surface area contributed by atoms with Gasteiger partial charge in [0, 0.05) is 18.8 Å². The van der Waals surface area contributed by atoms with Crippen molar-refractivity contribution in [2.45, 2.75) is 18.9 Å². The van der Waals surface area contributed by atoms with Crippen LogP contribution >= 0.6 is 12.4 Å². The summed E-state index contributed by atoms with van der Waals surface area (Å²) in [5.41, 5.74) is 0.686. The zero-order valence-electron chi connectivity index (χ0n) is 9.16. The number of aromatic nitrogens is 1. The second-order valence-corrected chi connectivity index (χ2v) is 3.93. The van der Waals surface area contributed by atoms with Gasteiger partial charge in [-0.2, -0.15) is 0 Å². The molecule has 1 saturated heterocycles. The average molecular weight is 244 g/mol. The van der Waals surface area contributed by atoms with Crippen molar-refractivity contribution in [2.24, 2.45) is 0 Å². The van der Waals surface area contributed by atoms with Crippen molar-refractivity contribution in [1.29, 1.82) is 0 Å². The maximum Gasteiger partial charge on any atom is 0.192 e. The van der Waals surface area contributed by atoms with E-state index in [1.165, 1.54) is 6.42 Å². The van der Waals surface area contributed by atoms with Gasteiger partial charge >= 0.3 is 0 Å². The molecule has 16 heavy (non-hydrogen) atoms. The Balaban J connectivity index is 0.00000128. The van der Waals surface area contributed by atoms with Gasteiger partial charge in [0.25, 0.3) is 0 Å². The Labute approximate surface area is 102 Å². The Kier molecular flexibility index (Phi) is 5.52. The summed E-state index contributed by atoms with van der Waals surface area (Å²) in [5, 5.41) is 6.59. The number of piperidine rings is 1. The second kappa shape index (κ2) is 6.68.